The first-order valence-corrected chi connectivity index (χ1v) is 13.5. The van der Waals surface area contributed by atoms with Gasteiger partial charge in [0.05, 0.1) is 6.04 Å². The van der Waals surface area contributed by atoms with Crippen LogP contribution in [0.15, 0.2) is 11.7 Å². The predicted molar refractivity (Wildman–Crippen MR) is 130 cm³/mol. The van der Waals surface area contributed by atoms with E-state index in [0.29, 0.717) is 36.6 Å². The number of carbonyl (C=O) groups excluding carboxylic acids is 2. The molecule has 1 saturated heterocycles. The van der Waals surface area contributed by atoms with Crippen LogP contribution in [0.5, 0.6) is 0 Å². The Kier molecular flexibility index (Phi) is 6.94. The van der Waals surface area contributed by atoms with Crippen molar-refractivity contribution in [3.05, 3.63) is 11.7 Å². The number of halogens is 2. The van der Waals surface area contributed by atoms with Crippen molar-refractivity contribution < 1.29 is 18.4 Å². The van der Waals surface area contributed by atoms with E-state index >= 15 is 0 Å². The second kappa shape index (κ2) is 9.20. The fourth-order valence-electron chi connectivity index (χ4n) is 8.80. The normalized spacial score (nSPS) is 40.3. The van der Waals surface area contributed by atoms with Crippen LogP contribution < -0.4 is 5.32 Å². The molecule has 3 unspecified atom stereocenters. The number of hydrogen-bond donors (Lipinski definition) is 1. The highest BCUT2D eigenvalue weighted by molar-refractivity contribution is 5.80. The van der Waals surface area contributed by atoms with E-state index in [2.05, 4.69) is 19.2 Å². The lowest BCUT2D eigenvalue weighted by Gasteiger charge is -2.61. The largest absolute Gasteiger partial charge is 0.349 e. The predicted octanol–water partition coefficient (Wildman–Crippen LogP) is 6.17. The third-order valence-corrected chi connectivity index (χ3v) is 10.7. The van der Waals surface area contributed by atoms with Gasteiger partial charge >= 0.3 is 0 Å². The van der Waals surface area contributed by atoms with Gasteiger partial charge in [-0.25, -0.2) is 0 Å². The van der Waals surface area contributed by atoms with Crippen molar-refractivity contribution in [2.75, 3.05) is 7.05 Å². The standard InChI is InChI=1S/C28H44F2N2O2/c1-16(2)15-22(17(3)25(29)30)31-26(34)21-9-8-19-18-7-10-23-28(5,14-12-24(33)32(23)6)20(18)11-13-27(19,21)4/h16,18-23H,7-15H2,1-6H3,(H,31,34)/t18-,19-,20+,21?,22?,23?,27-,28+/m0/s1. The van der Waals surface area contributed by atoms with Crippen LogP contribution in [-0.4, -0.2) is 35.8 Å². The third kappa shape index (κ3) is 4.11. The third-order valence-electron chi connectivity index (χ3n) is 10.7. The van der Waals surface area contributed by atoms with Gasteiger partial charge in [0.15, 0.2) is 0 Å². The van der Waals surface area contributed by atoms with Crippen molar-refractivity contribution in [3.63, 3.8) is 0 Å². The summed E-state index contributed by atoms with van der Waals surface area (Å²) in [5, 5.41) is 3.04. The molecular formula is C28H44F2N2O2. The second-order valence-electron chi connectivity index (χ2n) is 12.8. The average molecular weight is 479 g/mol. The molecule has 192 valence electrons. The van der Waals surface area contributed by atoms with Gasteiger partial charge in [-0.3, -0.25) is 9.59 Å². The quantitative estimate of drug-likeness (QED) is 0.514. The average Bonchev–Trinajstić information content (AvgIpc) is 3.12. The van der Waals surface area contributed by atoms with Crippen molar-refractivity contribution in [2.24, 2.45) is 40.4 Å². The molecule has 1 aliphatic heterocycles. The Labute approximate surface area is 204 Å². The van der Waals surface area contributed by atoms with Crippen molar-refractivity contribution in [2.45, 2.75) is 104 Å². The Balaban J connectivity index is 1.52. The Morgan fingerprint density at radius 3 is 2.38 bits per heavy atom. The van der Waals surface area contributed by atoms with E-state index in [9.17, 15) is 18.4 Å². The maximum Gasteiger partial charge on any atom is 0.271 e. The number of nitrogens with zero attached hydrogens (tertiary/aromatic N) is 1. The molecule has 1 N–H and O–H groups in total. The maximum atomic E-state index is 13.5. The highest BCUT2D eigenvalue weighted by Gasteiger charge is 2.62. The fraction of sp³-hybridized carbons (Fsp3) is 0.857. The van der Waals surface area contributed by atoms with E-state index in [0.717, 1.165) is 44.9 Å². The zero-order chi connectivity index (χ0) is 25.0. The number of piperidine rings is 1. The molecule has 0 spiro atoms. The molecule has 4 aliphatic rings. The van der Waals surface area contributed by atoms with Gasteiger partial charge in [0.1, 0.15) is 0 Å². The lowest BCUT2D eigenvalue weighted by molar-refractivity contribution is -0.159. The molecule has 3 saturated carbocycles. The number of hydrogen-bond acceptors (Lipinski definition) is 2. The first-order valence-electron chi connectivity index (χ1n) is 13.5. The highest BCUT2D eigenvalue weighted by Crippen LogP contribution is 2.66. The number of carbonyl (C=O) groups is 2. The van der Waals surface area contributed by atoms with E-state index in [-0.39, 0.29) is 40.1 Å². The summed E-state index contributed by atoms with van der Waals surface area (Å²) in [6, 6.07) is -0.261. The van der Waals surface area contributed by atoms with Crippen LogP contribution in [0.2, 0.25) is 0 Å². The molecule has 0 bridgehead atoms. The van der Waals surface area contributed by atoms with E-state index in [4.69, 9.17) is 0 Å². The fourth-order valence-corrected chi connectivity index (χ4v) is 8.80. The van der Waals surface area contributed by atoms with Crippen LogP contribution in [0.1, 0.15) is 92.4 Å². The minimum absolute atomic E-state index is 0.00679. The summed E-state index contributed by atoms with van der Waals surface area (Å²) in [4.78, 5) is 27.9. The summed E-state index contributed by atoms with van der Waals surface area (Å²) < 4.78 is 26.8. The van der Waals surface area contributed by atoms with Gasteiger partial charge in [-0.1, -0.05) is 27.7 Å². The molecule has 0 aromatic heterocycles. The highest BCUT2D eigenvalue weighted by atomic mass is 19.3. The molecule has 0 radical (unpaired) electrons. The van der Waals surface area contributed by atoms with E-state index in [1.54, 1.807) is 0 Å². The lowest BCUT2D eigenvalue weighted by atomic mass is 9.47. The van der Waals surface area contributed by atoms with Gasteiger partial charge in [-0.2, -0.15) is 8.78 Å². The number of amides is 2. The molecule has 0 aromatic carbocycles. The van der Waals surface area contributed by atoms with Gasteiger partial charge < -0.3 is 10.2 Å². The van der Waals surface area contributed by atoms with E-state index in [1.807, 2.05) is 25.8 Å². The Morgan fingerprint density at radius 2 is 1.74 bits per heavy atom. The number of fused-ring (bicyclic) bond motifs is 5. The zero-order valence-electron chi connectivity index (χ0n) is 21.9. The van der Waals surface area contributed by atoms with Crippen LogP contribution >= 0.6 is 0 Å². The van der Waals surface area contributed by atoms with Gasteiger partial charge in [0, 0.05) is 31.0 Å². The van der Waals surface area contributed by atoms with Crippen molar-refractivity contribution in [3.8, 4) is 0 Å². The van der Waals surface area contributed by atoms with Crippen LogP contribution in [0.3, 0.4) is 0 Å². The molecule has 8 atom stereocenters. The number of nitrogens with one attached hydrogen (secondary N) is 1. The first-order chi connectivity index (χ1) is 15.9. The van der Waals surface area contributed by atoms with E-state index in [1.165, 1.54) is 6.92 Å². The maximum absolute atomic E-state index is 13.5. The minimum atomic E-state index is -1.68. The molecule has 4 fully saturated rings. The summed E-state index contributed by atoms with van der Waals surface area (Å²) in [6.07, 6.45) is 6.67. The SMILES string of the molecule is CC(=C(F)F)C(CC(C)C)NC(=O)C1CC[C@H]2[C@@H]3CCC4N(C)C(=O)CC[C@]4(C)[C@@H]3CC[C@]12C. The topological polar surface area (TPSA) is 49.4 Å². The summed E-state index contributed by atoms with van der Waals surface area (Å²) in [5.41, 5.74) is 0.0857. The molecule has 3 aliphatic carbocycles. The summed E-state index contributed by atoms with van der Waals surface area (Å²) in [7, 11) is 1.98. The minimum Gasteiger partial charge on any atom is -0.349 e. The van der Waals surface area contributed by atoms with Gasteiger partial charge in [0.25, 0.3) is 6.08 Å². The molecular weight excluding hydrogens is 434 g/mol. The second-order valence-corrected chi connectivity index (χ2v) is 12.8. The lowest BCUT2D eigenvalue weighted by Crippen LogP contribution is -2.61. The molecule has 34 heavy (non-hydrogen) atoms. The van der Waals surface area contributed by atoms with Crippen molar-refractivity contribution in [1.82, 2.24) is 10.2 Å². The van der Waals surface area contributed by atoms with Crippen molar-refractivity contribution >= 4 is 11.8 Å². The van der Waals surface area contributed by atoms with Crippen LogP contribution in [0, 0.1) is 40.4 Å². The molecule has 4 nitrogen and oxygen atoms in total. The van der Waals surface area contributed by atoms with Gasteiger partial charge in [-0.15, -0.1) is 0 Å². The Morgan fingerprint density at radius 1 is 1.06 bits per heavy atom. The molecule has 4 rings (SSSR count). The molecule has 6 heteroatoms. The van der Waals surface area contributed by atoms with Gasteiger partial charge in [0.2, 0.25) is 11.8 Å². The van der Waals surface area contributed by atoms with Crippen molar-refractivity contribution in [1.29, 1.82) is 0 Å². The van der Waals surface area contributed by atoms with Crippen LogP contribution in [0.4, 0.5) is 8.78 Å². The van der Waals surface area contributed by atoms with Crippen LogP contribution in [0.25, 0.3) is 0 Å². The Bertz CT molecular complexity index is 853. The van der Waals surface area contributed by atoms with Crippen LogP contribution in [-0.2, 0) is 9.59 Å². The molecule has 0 aromatic rings. The summed E-state index contributed by atoms with van der Waals surface area (Å²) in [5.74, 6) is 2.06. The number of likely N-dealkylation sites (tertiary alicyclic amines) is 1. The zero-order valence-corrected chi connectivity index (χ0v) is 21.9. The summed E-state index contributed by atoms with van der Waals surface area (Å²) >= 11 is 0. The van der Waals surface area contributed by atoms with E-state index < -0.39 is 12.1 Å². The Hall–Kier alpha value is -1.46. The number of rotatable bonds is 5. The smallest absolute Gasteiger partial charge is 0.271 e. The first kappa shape index (κ1) is 25.6. The molecule has 2 amide bonds. The monoisotopic (exact) mass is 478 g/mol. The van der Waals surface area contributed by atoms with Gasteiger partial charge in [-0.05, 0) is 92.8 Å². The summed E-state index contributed by atoms with van der Waals surface area (Å²) in [6.45, 7) is 10.2. The molecule has 1 heterocycles.